The summed E-state index contributed by atoms with van der Waals surface area (Å²) in [6, 6.07) is 1.71. The van der Waals surface area contributed by atoms with Crippen LogP contribution in [0.4, 0.5) is 0 Å². The summed E-state index contributed by atoms with van der Waals surface area (Å²) in [6.45, 7) is 3.14. The van der Waals surface area contributed by atoms with Crippen molar-refractivity contribution < 1.29 is 19.2 Å². The van der Waals surface area contributed by atoms with Crippen molar-refractivity contribution in [2.24, 2.45) is 0 Å². The number of pyridine rings is 1. The Morgan fingerprint density at radius 1 is 1.50 bits per heavy atom. The molecule has 0 aliphatic carbocycles. The molecule has 1 amide bonds. The number of aryl methyl sites for hydroxylation is 1. The van der Waals surface area contributed by atoms with Crippen LogP contribution in [0.5, 0.6) is 0 Å². The van der Waals surface area contributed by atoms with Crippen LogP contribution in [-0.4, -0.2) is 47.5 Å². The van der Waals surface area contributed by atoms with Gasteiger partial charge >= 0.3 is 0 Å². The van der Waals surface area contributed by atoms with E-state index in [0.29, 0.717) is 43.2 Å². The van der Waals surface area contributed by atoms with Crippen LogP contribution >= 0.6 is 0 Å². The summed E-state index contributed by atoms with van der Waals surface area (Å²) in [5.41, 5.74) is 1.61. The largest absolute Gasteiger partial charge is 0.394 e. The zero-order valence-electron chi connectivity index (χ0n) is 11.3. The maximum absolute atomic E-state index is 11.9. The Kier molecular flexibility index (Phi) is 5.03. The lowest BCUT2D eigenvalue weighted by atomic mass is 10.2. The highest BCUT2D eigenvalue weighted by Gasteiger charge is 2.10. The van der Waals surface area contributed by atoms with Gasteiger partial charge in [0.1, 0.15) is 0 Å². The Morgan fingerprint density at radius 2 is 2.35 bits per heavy atom. The van der Waals surface area contributed by atoms with Gasteiger partial charge in [-0.15, -0.1) is 0 Å². The van der Waals surface area contributed by atoms with Crippen LogP contribution in [-0.2, 0) is 4.74 Å². The number of nitrogens with zero attached hydrogens (tertiary/aromatic N) is 2. The van der Waals surface area contributed by atoms with Crippen molar-refractivity contribution in [1.82, 2.24) is 15.5 Å². The molecule has 20 heavy (non-hydrogen) atoms. The van der Waals surface area contributed by atoms with Crippen molar-refractivity contribution in [1.29, 1.82) is 0 Å². The van der Waals surface area contributed by atoms with Crippen molar-refractivity contribution in [2.75, 3.05) is 26.4 Å². The van der Waals surface area contributed by atoms with Crippen molar-refractivity contribution >= 4 is 17.0 Å². The van der Waals surface area contributed by atoms with Gasteiger partial charge in [0.05, 0.1) is 29.9 Å². The Balaban J connectivity index is 1.86. The Morgan fingerprint density at radius 3 is 3.15 bits per heavy atom. The van der Waals surface area contributed by atoms with E-state index in [1.165, 1.54) is 6.20 Å². The van der Waals surface area contributed by atoms with Crippen LogP contribution in [0.3, 0.4) is 0 Å². The van der Waals surface area contributed by atoms with Gasteiger partial charge in [-0.25, -0.2) is 4.98 Å². The van der Waals surface area contributed by atoms with Crippen molar-refractivity contribution in [3.63, 3.8) is 0 Å². The molecule has 0 atom stereocenters. The van der Waals surface area contributed by atoms with E-state index < -0.39 is 0 Å². The number of carbonyl (C=O) groups excluding carboxylic acids is 1. The number of fused-ring (bicyclic) bond motifs is 1. The SMILES string of the molecule is Cc1noc2ncc(C(=O)NCCCOCCO)cc12. The van der Waals surface area contributed by atoms with Gasteiger partial charge in [-0.1, -0.05) is 5.16 Å². The molecule has 0 radical (unpaired) electrons. The highest BCUT2D eigenvalue weighted by Crippen LogP contribution is 2.16. The van der Waals surface area contributed by atoms with Crippen molar-refractivity contribution in [3.8, 4) is 0 Å². The van der Waals surface area contributed by atoms with Gasteiger partial charge < -0.3 is 19.7 Å². The highest BCUT2D eigenvalue weighted by atomic mass is 16.5. The number of aliphatic hydroxyl groups is 1. The smallest absolute Gasteiger partial charge is 0.257 e. The van der Waals surface area contributed by atoms with E-state index in [-0.39, 0.29) is 12.5 Å². The van der Waals surface area contributed by atoms with E-state index in [1.54, 1.807) is 13.0 Å². The summed E-state index contributed by atoms with van der Waals surface area (Å²) < 4.78 is 10.1. The molecule has 7 nitrogen and oxygen atoms in total. The van der Waals surface area contributed by atoms with Gasteiger partial charge in [0, 0.05) is 19.3 Å². The number of hydrogen-bond acceptors (Lipinski definition) is 6. The third kappa shape index (κ3) is 3.52. The summed E-state index contributed by atoms with van der Waals surface area (Å²) in [5, 5.41) is 15.8. The Hall–Kier alpha value is -1.99. The number of aromatic nitrogens is 2. The van der Waals surface area contributed by atoms with E-state index >= 15 is 0 Å². The molecule has 0 unspecified atom stereocenters. The molecule has 2 rings (SSSR count). The summed E-state index contributed by atoms with van der Waals surface area (Å²) in [5.74, 6) is -0.192. The molecule has 108 valence electrons. The predicted molar refractivity (Wildman–Crippen MR) is 71.4 cm³/mol. The minimum Gasteiger partial charge on any atom is -0.394 e. The van der Waals surface area contributed by atoms with Gasteiger partial charge in [0.25, 0.3) is 11.6 Å². The first kappa shape index (κ1) is 14.4. The van der Waals surface area contributed by atoms with E-state index in [9.17, 15) is 4.79 Å². The molecule has 2 heterocycles. The van der Waals surface area contributed by atoms with Crippen LogP contribution < -0.4 is 5.32 Å². The first-order chi connectivity index (χ1) is 9.72. The Labute approximate surface area is 115 Å². The number of carbonyl (C=O) groups is 1. The third-order valence-electron chi connectivity index (χ3n) is 2.76. The summed E-state index contributed by atoms with van der Waals surface area (Å²) in [6.07, 6.45) is 2.15. The second kappa shape index (κ2) is 6.97. The lowest BCUT2D eigenvalue weighted by molar-refractivity contribution is 0.0867. The zero-order valence-corrected chi connectivity index (χ0v) is 11.3. The molecule has 0 spiro atoms. The summed E-state index contributed by atoms with van der Waals surface area (Å²) >= 11 is 0. The third-order valence-corrected chi connectivity index (χ3v) is 2.76. The Bertz CT molecular complexity index is 582. The van der Waals surface area contributed by atoms with E-state index in [1.807, 2.05) is 0 Å². The quantitative estimate of drug-likeness (QED) is 0.723. The lowest BCUT2D eigenvalue weighted by Crippen LogP contribution is -2.25. The first-order valence-electron chi connectivity index (χ1n) is 6.41. The average molecular weight is 279 g/mol. The first-order valence-corrected chi connectivity index (χ1v) is 6.41. The molecule has 2 aromatic heterocycles. The highest BCUT2D eigenvalue weighted by molar-refractivity contribution is 5.96. The van der Waals surface area contributed by atoms with E-state index in [4.69, 9.17) is 14.4 Å². The molecule has 0 aliphatic heterocycles. The summed E-state index contributed by atoms with van der Waals surface area (Å²) in [7, 11) is 0. The molecule has 0 saturated carbocycles. The van der Waals surface area contributed by atoms with Gasteiger partial charge in [-0.3, -0.25) is 4.79 Å². The molecule has 0 saturated heterocycles. The molecule has 0 fully saturated rings. The number of hydrogen-bond donors (Lipinski definition) is 2. The van der Waals surface area contributed by atoms with Crippen LogP contribution in [0.15, 0.2) is 16.8 Å². The van der Waals surface area contributed by atoms with Crippen LogP contribution in [0.2, 0.25) is 0 Å². The molecular weight excluding hydrogens is 262 g/mol. The van der Waals surface area contributed by atoms with Crippen molar-refractivity contribution in [2.45, 2.75) is 13.3 Å². The van der Waals surface area contributed by atoms with Crippen LogP contribution in [0.1, 0.15) is 22.5 Å². The van der Waals surface area contributed by atoms with Gasteiger partial charge in [0.15, 0.2) is 0 Å². The van der Waals surface area contributed by atoms with Crippen molar-refractivity contribution in [3.05, 3.63) is 23.5 Å². The molecule has 0 bridgehead atoms. The number of ether oxygens (including phenoxy) is 1. The second-order valence-electron chi connectivity index (χ2n) is 4.29. The zero-order chi connectivity index (χ0) is 14.4. The number of amides is 1. The topological polar surface area (TPSA) is 97.5 Å². The van der Waals surface area contributed by atoms with E-state index in [2.05, 4.69) is 15.5 Å². The number of rotatable bonds is 7. The average Bonchev–Trinajstić information content (AvgIpc) is 2.83. The fraction of sp³-hybridized carbons (Fsp3) is 0.462. The van der Waals surface area contributed by atoms with Crippen LogP contribution in [0, 0.1) is 6.92 Å². The molecule has 0 aliphatic rings. The monoisotopic (exact) mass is 279 g/mol. The molecular formula is C13H17N3O4. The van der Waals surface area contributed by atoms with Crippen LogP contribution in [0.25, 0.3) is 11.1 Å². The van der Waals surface area contributed by atoms with Gasteiger partial charge in [0.2, 0.25) is 0 Å². The fourth-order valence-corrected chi connectivity index (χ4v) is 1.71. The predicted octanol–water partition coefficient (Wildman–Crippen LogP) is 0.660. The normalized spacial score (nSPS) is 10.9. The second-order valence-corrected chi connectivity index (χ2v) is 4.29. The molecule has 2 aromatic rings. The molecule has 0 aromatic carbocycles. The fourth-order valence-electron chi connectivity index (χ4n) is 1.71. The molecule has 2 N–H and O–H groups in total. The maximum Gasteiger partial charge on any atom is 0.257 e. The minimum atomic E-state index is -0.192. The van der Waals surface area contributed by atoms with E-state index in [0.717, 1.165) is 5.39 Å². The van der Waals surface area contributed by atoms with Gasteiger partial charge in [-0.05, 0) is 19.4 Å². The standard InChI is InChI=1S/C13H17N3O4/c1-9-11-7-10(8-15-13(11)20-16-9)12(18)14-3-2-5-19-6-4-17/h7-8,17H,2-6H2,1H3,(H,14,18). The molecule has 7 heteroatoms. The summed E-state index contributed by atoms with van der Waals surface area (Å²) in [4.78, 5) is 16.0. The van der Waals surface area contributed by atoms with Gasteiger partial charge in [-0.2, -0.15) is 0 Å². The maximum atomic E-state index is 11.9. The number of nitrogens with one attached hydrogen (secondary N) is 1. The minimum absolute atomic E-state index is 0.0100. The number of aliphatic hydroxyl groups excluding tert-OH is 1. The lowest BCUT2D eigenvalue weighted by Gasteiger charge is -2.05.